The topological polar surface area (TPSA) is 66.0 Å². The van der Waals surface area contributed by atoms with Crippen LogP contribution in [0.1, 0.15) is 18.4 Å². The minimum absolute atomic E-state index is 0.0265. The minimum atomic E-state index is -0.511. The molecule has 26 heavy (non-hydrogen) atoms. The van der Waals surface area contributed by atoms with E-state index in [4.69, 9.17) is 18.9 Å². The predicted molar refractivity (Wildman–Crippen MR) is 96.5 cm³/mol. The minimum Gasteiger partial charge on any atom is -0.493 e. The molecule has 4 rings (SSSR count). The monoisotopic (exact) mass is 355 g/mol. The Morgan fingerprint density at radius 1 is 0.962 bits per heavy atom. The van der Waals surface area contributed by atoms with Crippen LogP contribution in [-0.4, -0.2) is 33.3 Å². The maximum atomic E-state index is 13.0. The number of carbonyl (C=O) groups excluding carboxylic acids is 1. The van der Waals surface area contributed by atoms with Crippen molar-refractivity contribution in [3.8, 4) is 23.0 Å². The molecule has 0 saturated heterocycles. The van der Waals surface area contributed by atoms with Crippen LogP contribution < -0.4 is 24.3 Å². The molecule has 1 saturated carbocycles. The molecule has 0 aromatic heterocycles. The maximum Gasteiger partial charge on any atom is 0.235 e. The molecule has 6 heteroatoms. The third-order valence-corrected chi connectivity index (χ3v) is 4.92. The summed E-state index contributed by atoms with van der Waals surface area (Å²) in [5, 5.41) is 3.00. The highest BCUT2D eigenvalue weighted by Gasteiger charge is 2.51. The fourth-order valence-corrected chi connectivity index (χ4v) is 3.28. The first kappa shape index (κ1) is 16.6. The Morgan fingerprint density at radius 2 is 1.69 bits per heavy atom. The average molecular weight is 355 g/mol. The van der Waals surface area contributed by atoms with Gasteiger partial charge in [0, 0.05) is 11.8 Å². The lowest BCUT2D eigenvalue weighted by molar-refractivity contribution is -0.118. The summed E-state index contributed by atoms with van der Waals surface area (Å²) in [6.45, 7) is 1.08. The van der Waals surface area contributed by atoms with E-state index in [1.165, 1.54) is 0 Å². The van der Waals surface area contributed by atoms with Gasteiger partial charge in [0.1, 0.15) is 13.2 Å². The molecule has 0 radical (unpaired) electrons. The van der Waals surface area contributed by atoms with Crippen LogP contribution in [0.5, 0.6) is 23.0 Å². The molecule has 1 aliphatic heterocycles. The van der Waals surface area contributed by atoms with Crippen LogP contribution in [0.2, 0.25) is 0 Å². The molecule has 136 valence electrons. The second-order valence-corrected chi connectivity index (χ2v) is 6.46. The van der Waals surface area contributed by atoms with Crippen LogP contribution in [-0.2, 0) is 10.2 Å². The zero-order chi connectivity index (χ0) is 18.1. The van der Waals surface area contributed by atoms with E-state index in [0.29, 0.717) is 36.1 Å². The summed E-state index contributed by atoms with van der Waals surface area (Å²) in [7, 11) is 3.15. The summed E-state index contributed by atoms with van der Waals surface area (Å²) >= 11 is 0. The van der Waals surface area contributed by atoms with Crippen molar-refractivity contribution >= 4 is 11.6 Å². The number of ether oxygens (including phenoxy) is 4. The normalized spacial score (nSPS) is 16.5. The van der Waals surface area contributed by atoms with Gasteiger partial charge in [0.25, 0.3) is 0 Å². The van der Waals surface area contributed by atoms with Crippen molar-refractivity contribution in [1.29, 1.82) is 0 Å². The summed E-state index contributed by atoms with van der Waals surface area (Å²) in [4.78, 5) is 13.0. The van der Waals surface area contributed by atoms with Crippen molar-refractivity contribution in [2.75, 3.05) is 32.8 Å². The molecule has 2 aromatic carbocycles. The van der Waals surface area contributed by atoms with Gasteiger partial charge in [-0.2, -0.15) is 0 Å². The number of methoxy groups -OCH3 is 2. The smallest absolute Gasteiger partial charge is 0.235 e. The lowest BCUT2D eigenvalue weighted by atomic mass is 9.94. The number of hydrogen-bond acceptors (Lipinski definition) is 5. The first-order chi connectivity index (χ1) is 12.7. The van der Waals surface area contributed by atoms with Crippen molar-refractivity contribution in [1.82, 2.24) is 0 Å². The van der Waals surface area contributed by atoms with E-state index in [-0.39, 0.29) is 5.91 Å². The van der Waals surface area contributed by atoms with E-state index >= 15 is 0 Å². The number of fused-ring (bicyclic) bond motifs is 1. The molecular formula is C20H21NO5. The second kappa shape index (κ2) is 6.44. The van der Waals surface area contributed by atoms with Gasteiger partial charge in [-0.05, 0) is 42.7 Å². The quantitative estimate of drug-likeness (QED) is 0.893. The fourth-order valence-electron chi connectivity index (χ4n) is 3.28. The van der Waals surface area contributed by atoms with Crippen LogP contribution in [0.3, 0.4) is 0 Å². The van der Waals surface area contributed by atoms with Crippen LogP contribution in [0.4, 0.5) is 5.69 Å². The van der Waals surface area contributed by atoms with E-state index in [9.17, 15) is 4.79 Å². The third kappa shape index (κ3) is 2.81. The van der Waals surface area contributed by atoms with Crippen LogP contribution in [0.25, 0.3) is 0 Å². The molecule has 0 atom stereocenters. The van der Waals surface area contributed by atoms with Gasteiger partial charge in [0.15, 0.2) is 23.0 Å². The molecule has 1 aliphatic carbocycles. The second-order valence-electron chi connectivity index (χ2n) is 6.46. The molecule has 0 spiro atoms. The van der Waals surface area contributed by atoms with Gasteiger partial charge in [-0.3, -0.25) is 4.79 Å². The molecule has 0 bridgehead atoms. The van der Waals surface area contributed by atoms with Gasteiger partial charge < -0.3 is 24.3 Å². The summed E-state index contributed by atoms with van der Waals surface area (Å²) < 4.78 is 21.8. The SMILES string of the molecule is COc1ccc(NC(=O)C2(c3ccc4c(c3)OCCO4)CC2)cc1OC. The van der Waals surface area contributed by atoms with Crippen LogP contribution in [0, 0.1) is 0 Å². The molecule has 2 aromatic rings. The van der Waals surface area contributed by atoms with Crippen molar-refractivity contribution in [3.63, 3.8) is 0 Å². The third-order valence-electron chi connectivity index (χ3n) is 4.92. The highest BCUT2D eigenvalue weighted by atomic mass is 16.6. The zero-order valence-corrected chi connectivity index (χ0v) is 14.8. The number of hydrogen-bond donors (Lipinski definition) is 1. The lowest BCUT2D eigenvalue weighted by Crippen LogP contribution is -2.28. The van der Waals surface area contributed by atoms with Crippen molar-refractivity contribution in [3.05, 3.63) is 42.0 Å². The highest BCUT2D eigenvalue weighted by molar-refractivity contribution is 6.01. The summed E-state index contributed by atoms with van der Waals surface area (Å²) in [6.07, 6.45) is 1.62. The maximum absolute atomic E-state index is 13.0. The highest BCUT2D eigenvalue weighted by Crippen LogP contribution is 2.51. The molecule has 1 amide bonds. The molecule has 1 N–H and O–H groups in total. The van der Waals surface area contributed by atoms with Crippen molar-refractivity contribution in [2.24, 2.45) is 0 Å². The molecule has 1 fully saturated rings. The molecule has 0 unspecified atom stereocenters. The Kier molecular flexibility index (Phi) is 4.11. The standard InChI is InChI=1S/C20H21NO5/c1-23-15-6-4-14(12-17(15)24-2)21-19(22)20(7-8-20)13-3-5-16-18(11-13)26-10-9-25-16/h3-6,11-12H,7-10H2,1-2H3,(H,21,22). The fraction of sp³-hybridized carbons (Fsp3) is 0.350. The Bertz CT molecular complexity index is 844. The number of benzene rings is 2. The number of carbonyl (C=O) groups is 1. The van der Waals surface area contributed by atoms with Crippen molar-refractivity contribution in [2.45, 2.75) is 18.3 Å². The van der Waals surface area contributed by atoms with Gasteiger partial charge in [-0.15, -0.1) is 0 Å². The number of anilines is 1. The van der Waals surface area contributed by atoms with E-state index < -0.39 is 5.41 Å². The Labute approximate surface area is 152 Å². The number of nitrogens with one attached hydrogen (secondary N) is 1. The Hall–Kier alpha value is -2.89. The van der Waals surface area contributed by atoms with Gasteiger partial charge in [-0.1, -0.05) is 6.07 Å². The summed E-state index contributed by atoms with van der Waals surface area (Å²) in [5.41, 5.74) is 1.12. The lowest BCUT2D eigenvalue weighted by Gasteiger charge is -2.22. The van der Waals surface area contributed by atoms with E-state index in [2.05, 4.69) is 5.32 Å². The van der Waals surface area contributed by atoms with Crippen LogP contribution in [0.15, 0.2) is 36.4 Å². The summed E-state index contributed by atoms with van der Waals surface area (Å²) in [6, 6.07) is 11.1. The zero-order valence-electron chi connectivity index (χ0n) is 14.8. The van der Waals surface area contributed by atoms with E-state index in [1.807, 2.05) is 18.2 Å². The average Bonchev–Trinajstić information content (AvgIpc) is 3.49. The molecule has 1 heterocycles. The predicted octanol–water partition coefficient (Wildman–Crippen LogP) is 3.15. The molecular weight excluding hydrogens is 334 g/mol. The van der Waals surface area contributed by atoms with E-state index in [0.717, 1.165) is 24.2 Å². The summed E-state index contributed by atoms with van der Waals surface area (Å²) in [5.74, 6) is 2.62. The first-order valence-corrected chi connectivity index (χ1v) is 8.60. The van der Waals surface area contributed by atoms with Crippen LogP contribution >= 0.6 is 0 Å². The van der Waals surface area contributed by atoms with Crippen molar-refractivity contribution < 1.29 is 23.7 Å². The Morgan fingerprint density at radius 3 is 2.38 bits per heavy atom. The largest absolute Gasteiger partial charge is 0.493 e. The van der Waals surface area contributed by atoms with Gasteiger partial charge >= 0.3 is 0 Å². The number of rotatable bonds is 5. The number of amides is 1. The van der Waals surface area contributed by atoms with Gasteiger partial charge in [0.05, 0.1) is 19.6 Å². The molecule has 6 nitrogen and oxygen atoms in total. The molecule has 2 aliphatic rings. The first-order valence-electron chi connectivity index (χ1n) is 8.60. The van der Waals surface area contributed by atoms with Gasteiger partial charge in [0.2, 0.25) is 5.91 Å². The Balaban J connectivity index is 1.56. The van der Waals surface area contributed by atoms with Gasteiger partial charge in [-0.25, -0.2) is 0 Å². The van der Waals surface area contributed by atoms with E-state index in [1.54, 1.807) is 32.4 Å².